The molecule has 0 saturated carbocycles. The van der Waals surface area contributed by atoms with E-state index in [9.17, 15) is 0 Å². The number of nitrogens with zero attached hydrogens (tertiary/aromatic N) is 2. The first-order valence-corrected chi connectivity index (χ1v) is 5.96. The lowest BCUT2D eigenvalue weighted by Gasteiger charge is -2.21. The van der Waals surface area contributed by atoms with E-state index in [0.717, 1.165) is 29.8 Å². The van der Waals surface area contributed by atoms with Crippen LogP contribution in [0.3, 0.4) is 0 Å². The molecule has 3 nitrogen and oxygen atoms in total. The zero-order valence-electron chi connectivity index (χ0n) is 9.20. The number of halogens is 1. The van der Waals surface area contributed by atoms with Crippen LogP contribution in [0.5, 0.6) is 0 Å². The first-order chi connectivity index (χ1) is 7.19. The minimum absolute atomic E-state index is 0.228. The number of hydrogen-bond acceptors (Lipinski definition) is 3. The fourth-order valence-corrected chi connectivity index (χ4v) is 1.61. The summed E-state index contributed by atoms with van der Waals surface area (Å²) in [7, 11) is 0. The Kier molecular flexibility index (Phi) is 5.05. The number of anilines is 1. The van der Waals surface area contributed by atoms with Crippen molar-refractivity contribution in [3.05, 3.63) is 22.3 Å². The first kappa shape index (κ1) is 12.5. The van der Waals surface area contributed by atoms with Gasteiger partial charge in [0.15, 0.2) is 0 Å². The lowest BCUT2D eigenvalue weighted by molar-refractivity contribution is 0.289. The summed E-state index contributed by atoms with van der Waals surface area (Å²) in [6, 6.07) is 2.06. The number of hydrogen-bond donors (Lipinski definition) is 1. The van der Waals surface area contributed by atoms with Gasteiger partial charge in [-0.1, -0.05) is 0 Å². The van der Waals surface area contributed by atoms with Crippen molar-refractivity contribution >= 4 is 21.7 Å². The monoisotopic (exact) mass is 272 g/mol. The van der Waals surface area contributed by atoms with Gasteiger partial charge in [-0.25, -0.2) is 4.98 Å². The molecule has 1 rings (SSSR count). The van der Waals surface area contributed by atoms with Crippen LogP contribution in [0.15, 0.2) is 16.7 Å². The van der Waals surface area contributed by atoms with Crippen LogP contribution in [-0.2, 0) is 0 Å². The molecule has 1 heterocycles. The molecule has 1 aromatic heterocycles. The predicted molar refractivity (Wildman–Crippen MR) is 66.3 cm³/mol. The Morgan fingerprint density at radius 1 is 1.53 bits per heavy atom. The molecular formula is C11H17BrN2O. The highest BCUT2D eigenvalue weighted by Crippen LogP contribution is 2.19. The van der Waals surface area contributed by atoms with Gasteiger partial charge < -0.3 is 10.0 Å². The SMILES string of the molecule is CCN(CCCO)c1cc(C)c(Br)cn1. The quantitative estimate of drug-likeness (QED) is 0.894. The smallest absolute Gasteiger partial charge is 0.128 e. The van der Waals surface area contributed by atoms with Crippen LogP contribution in [0.25, 0.3) is 0 Å². The highest BCUT2D eigenvalue weighted by molar-refractivity contribution is 9.10. The Morgan fingerprint density at radius 2 is 2.27 bits per heavy atom. The third-order valence-electron chi connectivity index (χ3n) is 2.32. The van der Waals surface area contributed by atoms with Crippen LogP contribution in [0.4, 0.5) is 5.82 Å². The molecule has 1 N–H and O–H groups in total. The highest BCUT2D eigenvalue weighted by atomic mass is 79.9. The second kappa shape index (κ2) is 6.08. The molecule has 0 unspecified atom stereocenters. The van der Waals surface area contributed by atoms with E-state index in [1.54, 1.807) is 0 Å². The number of aliphatic hydroxyl groups excluding tert-OH is 1. The van der Waals surface area contributed by atoms with Crippen molar-refractivity contribution in [3.8, 4) is 0 Å². The molecule has 0 aliphatic rings. The van der Waals surface area contributed by atoms with Gasteiger partial charge in [-0.15, -0.1) is 0 Å². The van der Waals surface area contributed by atoms with E-state index in [4.69, 9.17) is 5.11 Å². The van der Waals surface area contributed by atoms with Crippen molar-refractivity contribution in [2.75, 3.05) is 24.6 Å². The molecule has 1 aromatic rings. The molecule has 0 saturated heterocycles. The van der Waals surface area contributed by atoms with E-state index in [1.165, 1.54) is 5.56 Å². The van der Waals surface area contributed by atoms with Gasteiger partial charge in [-0.2, -0.15) is 0 Å². The van der Waals surface area contributed by atoms with Crippen LogP contribution >= 0.6 is 15.9 Å². The van der Waals surface area contributed by atoms with Gasteiger partial charge in [-0.3, -0.25) is 0 Å². The minimum atomic E-state index is 0.228. The minimum Gasteiger partial charge on any atom is -0.396 e. The van der Waals surface area contributed by atoms with Gasteiger partial charge in [0.2, 0.25) is 0 Å². The third-order valence-corrected chi connectivity index (χ3v) is 3.15. The van der Waals surface area contributed by atoms with Crippen LogP contribution < -0.4 is 4.90 Å². The summed E-state index contributed by atoms with van der Waals surface area (Å²) < 4.78 is 1.03. The van der Waals surface area contributed by atoms with Gasteiger partial charge in [0, 0.05) is 30.4 Å². The summed E-state index contributed by atoms with van der Waals surface area (Å²) in [5.74, 6) is 0.978. The lowest BCUT2D eigenvalue weighted by Crippen LogP contribution is -2.25. The molecular weight excluding hydrogens is 256 g/mol. The summed E-state index contributed by atoms with van der Waals surface area (Å²) in [5.41, 5.74) is 1.18. The summed E-state index contributed by atoms with van der Waals surface area (Å²) in [4.78, 5) is 6.52. The fourth-order valence-electron chi connectivity index (χ4n) is 1.39. The van der Waals surface area contributed by atoms with Gasteiger partial charge in [0.25, 0.3) is 0 Å². The standard InChI is InChI=1S/C11H17BrN2O/c1-3-14(5-4-6-15)11-7-9(2)10(12)8-13-11/h7-8,15H,3-6H2,1-2H3. The van der Waals surface area contributed by atoms with Gasteiger partial charge >= 0.3 is 0 Å². The lowest BCUT2D eigenvalue weighted by atomic mass is 10.3. The molecule has 0 radical (unpaired) electrons. The topological polar surface area (TPSA) is 36.4 Å². The highest BCUT2D eigenvalue weighted by Gasteiger charge is 2.06. The van der Waals surface area contributed by atoms with Crippen LogP contribution in [0.1, 0.15) is 18.9 Å². The zero-order chi connectivity index (χ0) is 11.3. The maximum absolute atomic E-state index is 8.80. The van der Waals surface area contributed by atoms with Gasteiger partial charge in [0.05, 0.1) is 0 Å². The molecule has 0 bridgehead atoms. The predicted octanol–water partition coefficient (Wildman–Crippen LogP) is 2.36. The Hall–Kier alpha value is -0.610. The van der Waals surface area contributed by atoms with Crippen molar-refractivity contribution in [3.63, 3.8) is 0 Å². The van der Waals surface area contributed by atoms with Crippen LogP contribution in [-0.4, -0.2) is 29.8 Å². The van der Waals surface area contributed by atoms with E-state index in [0.29, 0.717) is 0 Å². The molecule has 4 heteroatoms. The van der Waals surface area contributed by atoms with Crippen molar-refractivity contribution in [2.45, 2.75) is 20.3 Å². The largest absolute Gasteiger partial charge is 0.396 e. The normalized spacial score (nSPS) is 10.4. The molecule has 84 valence electrons. The van der Waals surface area contributed by atoms with E-state index >= 15 is 0 Å². The van der Waals surface area contributed by atoms with E-state index in [-0.39, 0.29) is 6.61 Å². The van der Waals surface area contributed by atoms with Crippen molar-refractivity contribution in [1.29, 1.82) is 0 Å². The van der Waals surface area contributed by atoms with Gasteiger partial charge in [0.1, 0.15) is 5.82 Å². The number of aromatic nitrogens is 1. The molecule has 0 spiro atoms. The maximum Gasteiger partial charge on any atom is 0.128 e. The Labute approximate surface area is 99.3 Å². The van der Waals surface area contributed by atoms with E-state index in [1.807, 2.05) is 6.20 Å². The van der Waals surface area contributed by atoms with E-state index < -0.39 is 0 Å². The van der Waals surface area contributed by atoms with Crippen molar-refractivity contribution < 1.29 is 5.11 Å². The van der Waals surface area contributed by atoms with Gasteiger partial charge in [-0.05, 0) is 47.8 Å². The molecule has 0 aromatic carbocycles. The van der Waals surface area contributed by atoms with Crippen molar-refractivity contribution in [1.82, 2.24) is 4.98 Å². The maximum atomic E-state index is 8.80. The Morgan fingerprint density at radius 3 is 2.80 bits per heavy atom. The summed E-state index contributed by atoms with van der Waals surface area (Å²) in [6.07, 6.45) is 2.61. The summed E-state index contributed by atoms with van der Waals surface area (Å²) in [5, 5.41) is 8.80. The first-order valence-electron chi connectivity index (χ1n) is 5.17. The number of rotatable bonds is 5. The molecule has 0 aliphatic carbocycles. The van der Waals surface area contributed by atoms with E-state index in [2.05, 4.69) is 45.7 Å². The number of aliphatic hydroxyl groups is 1. The molecule has 0 aliphatic heterocycles. The van der Waals surface area contributed by atoms with Crippen LogP contribution in [0.2, 0.25) is 0 Å². The summed E-state index contributed by atoms with van der Waals surface area (Å²) in [6.45, 7) is 6.13. The number of pyridine rings is 1. The summed E-state index contributed by atoms with van der Waals surface area (Å²) >= 11 is 3.43. The number of aryl methyl sites for hydroxylation is 1. The second-order valence-electron chi connectivity index (χ2n) is 3.45. The Bertz CT molecular complexity index is 317. The molecule has 0 atom stereocenters. The third kappa shape index (κ3) is 3.47. The van der Waals surface area contributed by atoms with Crippen LogP contribution in [0, 0.1) is 6.92 Å². The average molecular weight is 273 g/mol. The molecule has 0 amide bonds. The fraction of sp³-hybridized carbons (Fsp3) is 0.545. The zero-order valence-corrected chi connectivity index (χ0v) is 10.8. The van der Waals surface area contributed by atoms with Crippen molar-refractivity contribution in [2.24, 2.45) is 0 Å². The molecule has 0 fully saturated rings. The molecule has 15 heavy (non-hydrogen) atoms. The second-order valence-corrected chi connectivity index (χ2v) is 4.30. The Balaban J connectivity index is 2.78. The average Bonchev–Trinajstić information content (AvgIpc) is 2.24.